The van der Waals surface area contributed by atoms with Crippen molar-refractivity contribution < 1.29 is 0 Å². The number of hydrogen-bond donors (Lipinski definition) is 0. The Labute approximate surface area is 130 Å². The Morgan fingerprint density at radius 3 is 1.43 bits per heavy atom. The molecule has 2 aromatic rings. The average molecular weight is 280 g/mol. The monoisotopic (exact) mass is 280 g/mol. The number of rotatable bonds is 8. The SMILES string of the molecule is Cc1cccc(CCCCCCCc2cccc(C)c2)c1. The summed E-state index contributed by atoms with van der Waals surface area (Å²) in [7, 11) is 0. The van der Waals surface area contributed by atoms with E-state index in [0.717, 1.165) is 0 Å². The molecular formula is C21H28. The first kappa shape index (κ1) is 15.8. The Hall–Kier alpha value is -1.56. The van der Waals surface area contributed by atoms with Gasteiger partial charge in [0.2, 0.25) is 0 Å². The van der Waals surface area contributed by atoms with Gasteiger partial charge in [0.25, 0.3) is 0 Å². The molecule has 0 aliphatic rings. The molecule has 0 bridgehead atoms. The van der Waals surface area contributed by atoms with Gasteiger partial charge in [-0.3, -0.25) is 0 Å². The van der Waals surface area contributed by atoms with E-state index in [-0.39, 0.29) is 0 Å². The molecule has 0 aliphatic heterocycles. The average Bonchev–Trinajstić information content (AvgIpc) is 2.46. The van der Waals surface area contributed by atoms with E-state index in [1.807, 2.05) is 0 Å². The first-order valence-electron chi connectivity index (χ1n) is 8.35. The minimum absolute atomic E-state index is 1.24. The zero-order valence-corrected chi connectivity index (χ0v) is 13.6. The van der Waals surface area contributed by atoms with Gasteiger partial charge in [0.05, 0.1) is 0 Å². The summed E-state index contributed by atoms with van der Waals surface area (Å²) in [4.78, 5) is 0. The summed E-state index contributed by atoms with van der Waals surface area (Å²) >= 11 is 0. The molecule has 0 fully saturated rings. The lowest BCUT2D eigenvalue weighted by molar-refractivity contribution is 0.613. The number of benzene rings is 2. The van der Waals surface area contributed by atoms with Crippen LogP contribution in [-0.4, -0.2) is 0 Å². The van der Waals surface area contributed by atoms with E-state index in [0.29, 0.717) is 0 Å². The molecule has 21 heavy (non-hydrogen) atoms. The molecule has 2 aromatic carbocycles. The summed E-state index contributed by atoms with van der Waals surface area (Å²) in [6.07, 6.45) is 9.22. The summed E-state index contributed by atoms with van der Waals surface area (Å²) in [5.74, 6) is 0. The first-order chi connectivity index (χ1) is 10.2. The summed E-state index contributed by atoms with van der Waals surface area (Å²) in [6.45, 7) is 4.35. The number of hydrogen-bond acceptors (Lipinski definition) is 0. The molecule has 0 heteroatoms. The fourth-order valence-corrected chi connectivity index (χ4v) is 2.92. The van der Waals surface area contributed by atoms with Gasteiger partial charge in [0, 0.05) is 0 Å². The van der Waals surface area contributed by atoms with E-state index in [1.54, 1.807) is 0 Å². The molecule has 0 amide bonds. The van der Waals surface area contributed by atoms with Crippen LogP contribution in [0.4, 0.5) is 0 Å². The largest absolute Gasteiger partial charge is 0.0617 e. The second-order valence-corrected chi connectivity index (χ2v) is 6.25. The van der Waals surface area contributed by atoms with Crippen LogP contribution in [0, 0.1) is 13.8 Å². The van der Waals surface area contributed by atoms with Crippen molar-refractivity contribution in [2.75, 3.05) is 0 Å². The van der Waals surface area contributed by atoms with Gasteiger partial charge in [-0.05, 0) is 50.7 Å². The first-order valence-corrected chi connectivity index (χ1v) is 8.35. The molecule has 0 N–H and O–H groups in total. The number of aryl methyl sites for hydroxylation is 4. The lowest BCUT2D eigenvalue weighted by atomic mass is 10.0. The van der Waals surface area contributed by atoms with Gasteiger partial charge in [-0.1, -0.05) is 78.9 Å². The fraction of sp³-hybridized carbons (Fsp3) is 0.429. The molecule has 0 heterocycles. The molecule has 112 valence electrons. The Morgan fingerprint density at radius 2 is 1.00 bits per heavy atom. The fourth-order valence-electron chi connectivity index (χ4n) is 2.92. The summed E-state index contributed by atoms with van der Waals surface area (Å²) < 4.78 is 0. The highest BCUT2D eigenvalue weighted by atomic mass is 14.0. The molecule has 0 aliphatic carbocycles. The molecule has 0 spiro atoms. The van der Waals surface area contributed by atoms with E-state index in [9.17, 15) is 0 Å². The van der Waals surface area contributed by atoms with Crippen LogP contribution in [0.25, 0.3) is 0 Å². The highest BCUT2D eigenvalue weighted by Crippen LogP contribution is 2.13. The van der Waals surface area contributed by atoms with Crippen molar-refractivity contribution in [2.24, 2.45) is 0 Å². The van der Waals surface area contributed by atoms with Gasteiger partial charge < -0.3 is 0 Å². The molecule has 0 saturated carbocycles. The zero-order chi connectivity index (χ0) is 14.9. The van der Waals surface area contributed by atoms with E-state index in [4.69, 9.17) is 0 Å². The molecule has 0 aromatic heterocycles. The smallest absolute Gasteiger partial charge is 0.0279 e. The lowest BCUT2D eigenvalue weighted by Gasteiger charge is -2.04. The van der Waals surface area contributed by atoms with Gasteiger partial charge in [0.1, 0.15) is 0 Å². The van der Waals surface area contributed by atoms with Crippen LogP contribution in [0.1, 0.15) is 54.4 Å². The van der Waals surface area contributed by atoms with Gasteiger partial charge in [-0.25, -0.2) is 0 Å². The summed E-state index contributed by atoms with van der Waals surface area (Å²) in [5, 5.41) is 0. The van der Waals surface area contributed by atoms with E-state index in [2.05, 4.69) is 62.4 Å². The quantitative estimate of drug-likeness (QED) is 0.517. The lowest BCUT2D eigenvalue weighted by Crippen LogP contribution is -1.89. The second-order valence-electron chi connectivity index (χ2n) is 6.25. The maximum Gasteiger partial charge on any atom is -0.0279 e. The predicted octanol–water partition coefficient (Wildman–Crippen LogP) is 6.04. The van der Waals surface area contributed by atoms with Crippen LogP contribution in [0.5, 0.6) is 0 Å². The molecule has 2 rings (SSSR count). The predicted molar refractivity (Wildman–Crippen MR) is 92.9 cm³/mol. The number of unbranched alkanes of at least 4 members (excludes halogenated alkanes) is 4. The maximum absolute atomic E-state index is 2.32. The highest BCUT2D eigenvalue weighted by Gasteiger charge is 1.96. The van der Waals surface area contributed by atoms with Crippen LogP contribution in [0.2, 0.25) is 0 Å². The molecule has 0 nitrogen and oxygen atoms in total. The Bertz CT molecular complexity index is 490. The van der Waals surface area contributed by atoms with E-state index < -0.39 is 0 Å². The van der Waals surface area contributed by atoms with Gasteiger partial charge in [0.15, 0.2) is 0 Å². The van der Waals surface area contributed by atoms with Crippen molar-refractivity contribution >= 4 is 0 Å². The topological polar surface area (TPSA) is 0 Å². The molecular weight excluding hydrogens is 252 g/mol. The third-order valence-corrected chi connectivity index (χ3v) is 4.10. The molecule has 0 radical (unpaired) electrons. The third kappa shape index (κ3) is 6.16. The normalized spacial score (nSPS) is 10.8. The van der Waals surface area contributed by atoms with Crippen molar-refractivity contribution in [1.82, 2.24) is 0 Å². The van der Waals surface area contributed by atoms with Crippen LogP contribution in [0.15, 0.2) is 48.5 Å². The van der Waals surface area contributed by atoms with Crippen molar-refractivity contribution in [1.29, 1.82) is 0 Å². The maximum atomic E-state index is 2.32. The van der Waals surface area contributed by atoms with Crippen LogP contribution in [-0.2, 0) is 12.8 Å². The van der Waals surface area contributed by atoms with E-state index >= 15 is 0 Å². The minimum atomic E-state index is 1.24. The van der Waals surface area contributed by atoms with E-state index in [1.165, 1.54) is 67.2 Å². The Morgan fingerprint density at radius 1 is 0.571 bits per heavy atom. The summed E-state index contributed by atoms with van der Waals surface area (Å²) in [6, 6.07) is 17.8. The standard InChI is InChI=1S/C21H28/c1-18-10-8-14-20(16-18)12-6-4-3-5-7-13-21-15-9-11-19(2)17-21/h8-11,14-17H,3-7,12-13H2,1-2H3. The minimum Gasteiger partial charge on any atom is -0.0617 e. The Balaban J connectivity index is 1.54. The van der Waals surface area contributed by atoms with Crippen molar-refractivity contribution in [3.8, 4) is 0 Å². The highest BCUT2D eigenvalue weighted by molar-refractivity contribution is 5.22. The van der Waals surface area contributed by atoms with Crippen LogP contribution >= 0.6 is 0 Å². The van der Waals surface area contributed by atoms with Crippen LogP contribution in [0.3, 0.4) is 0 Å². The Kier molecular flexibility index (Phi) is 6.53. The summed E-state index contributed by atoms with van der Waals surface area (Å²) in [5.41, 5.74) is 5.75. The van der Waals surface area contributed by atoms with Crippen LogP contribution < -0.4 is 0 Å². The van der Waals surface area contributed by atoms with Gasteiger partial charge in [-0.15, -0.1) is 0 Å². The van der Waals surface area contributed by atoms with Gasteiger partial charge >= 0.3 is 0 Å². The van der Waals surface area contributed by atoms with Gasteiger partial charge in [-0.2, -0.15) is 0 Å². The molecule has 0 saturated heterocycles. The third-order valence-electron chi connectivity index (χ3n) is 4.10. The molecule has 0 atom stereocenters. The zero-order valence-electron chi connectivity index (χ0n) is 13.6. The van der Waals surface area contributed by atoms with Crippen molar-refractivity contribution in [2.45, 2.75) is 58.8 Å². The van der Waals surface area contributed by atoms with Crippen molar-refractivity contribution in [3.05, 3.63) is 70.8 Å². The second kappa shape index (κ2) is 8.67. The van der Waals surface area contributed by atoms with Crippen molar-refractivity contribution in [3.63, 3.8) is 0 Å². The molecule has 0 unspecified atom stereocenters.